The number of urea groups is 1. The number of benzene rings is 1. The Morgan fingerprint density at radius 2 is 1.78 bits per heavy atom. The fraction of sp³-hybridized carbons (Fsp3) is 0.458. The number of amides is 3. The lowest BCUT2D eigenvalue weighted by molar-refractivity contribution is -0.137. The predicted molar refractivity (Wildman–Crippen MR) is 120 cm³/mol. The van der Waals surface area contributed by atoms with Crippen molar-refractivity contribution < 1.29 is 24.6 Å². The van der Waals surface area contributed by atoms with E-state index in [1.807, 2.05) is 24.3 Å². The largest absolute Gasteiger partial charge is 0.494 e. The number of nitrogens with one attached hydrogen (secondary N) is 1. The number of hydrogen-bond acceptors (Lipinski definition) is 4. The highest BCUT2D eigenvalue weighted by molar-refractivity contribution is 6.02. The molecule has 1 heterocycles. The van der Waals surface area contributed by atoms with Crippen LogP contribution in [-0.4, -0.2) is 50.5 Å². The van der Waals surface area contributed by atoms with Gasteiger partial charge in [0.25, 0.3) is 5.91 Å². The van der Waals surface area contributed by atoms with Crippen molar-refractivity contribution in [2.45, 2.75) is 64.5 Å². The van der Waals surface area contributed by atoms with Gasteiger partial charge in [-0.15, -0.1) is 0 Å². The number of hydrogen-bond donors (Lipinski definition) is 3. The van der Waals surface area contributed by atoms with Gasteiger partial charge in [0, 0.05) is 6.04 Å². The molecule has 0 aromatic heterocycles. The quantitative estimate of drug-likeness (QED) is 0.595. The number of carbonyl (C=O) groups excluding carboxylic acids is 2. The van der Waals surface area contributed by atoms with Crippen LogP contribution in [0.5, 0.6) is 0 Å². The zero-order valence-electron chi connectivity index (χ0n) is 18.6. The number of carboxylic acid groups (broad SMARTS) is 1. The van der Waals surface area contributed by atoms with Crippen LogP contribution in [-0.2, 0) is 16.1 Å². The van der Waals surface area contributed by atoms with Crippen LogP contribution >= 0.6 is 0 Å². The van der Waals surface area contributed by atoms with Crippen LogP contribution in [0.15, 0.2) is 48.0 Å². The van der Waals surface area contributed by atoms with Gasteiger partial charge in [-0.2, -0.15) is 0 Å². The maximum atomic E-state index is 13.4. The molecule has 0 bridgehead atoms. The zero-order chi connectivity index (χ0) is 23.4. The maximum absolute atomic E-state index is 13.4. The van der Waals surface area contributed by atoms with Crippen LogP contribution < -0.4 is 5.32 Å². The molecule has 172 valence electrons. The van der Waals surface area contributed by atoms with Gasteiger partial charge in [-0.05, 0) is 29.9 Å². The Hall–Kier alpha value is -3.29. The van der Waals surface area contributed by atoms with Crippen LogP contribution in [0.1, 0.15) is 63.0 Å². The van der Waals surface area contributed by atoms with Gasteiger partial charge in [-0.1, -0.05) is 64.0 Å². The minimum atomic E-state index is -1.21. The fourth-order valence-corrected chi connectivity index (χ4v) is 4.22. The van der Waals surface area contributed by atoms with Gasteiger partial charge < -0.3 is 15.5 Å². The van der Waals surface area contributed by atoms with Crippen LogP contribution in [0.25, 0.3) is 0 Å². The lowest BCUT2D eigenvalue weighted by atomic mass is 9.93. The molecule has 1 aromatic carbocycles. The Morgan fingerprint density at radius 1 is 1.16 bits per heavy atom. The van der Waals surface area contributed by atoms with Crippen molar-refractivity contribution in [2.75, 3.05) is 6.54 Å². The van der Waals surface area contributed by atoms with Crippen molar-refractivity contribution in [3.8, 4) is 0 Å². The molecule has 0 radical (unpaired) electrons. The fourth-order valence-electron chi connectivity index (χ4n) is 4.22. The molecule has 1 fully saturated rings. The highest BCUT2D eigenvalue weighted by Gasteiger charge is 2.41. The Balaban J connectivity index is 1.94. The lowest BCUT2D eigenvalue weighted by Crippen LogP contribution is -2.53. The topological polar surface area (TPSA) is 110 Å². The Morgan fingerprint density at radius 3 is 2.34 bits per heavy atom. The molecule has 1 aliphatic heterocycles. The van der Waals surface area contributed by atoms with Gasteiger partial charge in [0.2, 0.25) is 5.88 Å². The molecule has 2 aliphatic rings. The van der Waals surface area contributed by atoms with Gasteiger partial charge in [-0.25, -0.2) is 4.79 Å². The summed E-state index contributed by atoms with van der Waals surface area (Å²) in [7, 11) is 0. The zero-order valence-corrected chi connectivity index (χ0v) is 18.6. The van der Waals surface area contributed by atoms with Crippen LogP contribution in [0.2, 0.25) is 0 Å². The molecule has 0 saturated heterocycles. The summed E-state index contributed by atoms with van der Waals surface area (Å²) in [5.41, 5.74) is 1.91. The third-order valence-corrected chi connectivity index (χ3v) is 6.06. The van der Waals surface area contributed by atoms with Gasteiger partial charge in [-0.3, -0.25) is 19.4 Å². The summed E-state index contributed by atoms with van der Waals surface area (Å²) < 4.78 is 0. The number of aliphatic carboxylic acids is 1. The smallest absolute Gasteiger partial charge is 0.331 e. The molecule has 1 aliphatic carbocycles. The van der Waals surface area contributed by atoms with E-state index in [9.17, 15) is 19.5 Å². The van der Waals surface area contributed by atoms with E-state index in [1.54, 1.807) is 0 Å². The molecule has 3 rings (SSSR count). The molecule has 8 heteroatoms. The number of aliphatic hydroxyl groups excluding tert-OH is 1. The second-order valence-corrected chi connectivity index (χ2v) is 8.65. The van der Waals surface area contributed by atoms with E-state index >= 15 is 0 Å². The van der Waals surface area contributed by atoms with Crippen molar-refractivity contribution in [1.29, 1.82) is 0 Å². The Bertz CT molecular complexity index is 929. The van der Waals surface area contributed by atoms with Crippen molar-refractivity contribution in [3.05, 3.63) is 59.1 Å². The summed E-state index contributed by atoms with van der Waals surface area (Å²) >= 11 is 0. The molecule has 0 atom stereocenters. The van der Waals surface area contributed by atoms with E-state index in [2.05, 4.69) is 25.7 Å². The number of carboxylic acids is 1. The normalized spacial score (nSPS) is 17.8. The Labute approximate surface area is 188 Å². The third-order valence-electron chi connectivity index (χ3n) is 6.06. The standard InChI is InChI=1S/C24H31N3O5/c1-15(2)18-11-9-17(10-12-18)14-26-16(3)21(22(30)25-13-20(28)29)23(31)27(24(26)32)19-7-5-4-6-8-19/h9-12,15,19,31H,3-8,13-14H2,1-2H3,(H,25,30)(H,28,29). The van der Waals surface area contributed by atoms with E-state index in [4.69, 9.17) is 5.11 Å². The second-order valence-electron chi connectivity index (χ2n) is 8.65. The molecule has 3 N–H and O–H groups in total. The molecule has 0 unspecified atom stereocenters. The summed E-state index contributed by atoms with van der Waals surface area (Å²) in [5, 5.41) is 22.1. The second kappa shape index (κ2) is 9.89. The highest BCUT2D eigenvalue weighted by atomic mass is 16.4. The summed E-state index contributed by atoms with van der Waals surface area (Å²) in [6.07, 6.45) is 4.37. The number of carbonyl (C=O) groups is 3. The first-order chi connectivity index (χ1) is 15.2. The minimum absolute atomic E-state index is 0.0513. The van der Waals surface area contributed by atoms with E-state index in [0.717, 1.165) is 37.7 Å². The number of nitrogens with zero attached hydrogens (tertiary/aromatic N) is 2. The first-order valence-electron chi connectivity index (χ1n) is 11.0. The molecule has 32 heavy (non-hydrogen) atoms. The summed E-state index contributed by atoms with van der Waals surface area (Å²) in [6.45, 7) is 7.68. The first kappa shape index (κ1) is 23.4. The third kappa shape index (κ3) is 4.95. The lowest BCUT2D eigenvalue weighted by Gasteiger charge is -2.42. The van der Waals surface area contributed by atoms with Gasteiger partial charge in [0.05, 0.1) is 12.2 Å². The maximum Gasteiger partial charge on any atom is 0.331 e. The summed E-state index contributed by atoms with van der Waals surface area (Å²) in [5.74, 6) is -2.06. The van der Waals surface area contributed by atoms with Crippen molar-refractivity contribution in [3.63, 3.8) is 0 Å². The van der Waals surface area contributed by atoms with E-state index in [1.165, 1.54) is 15.4 Å². The molecular formula is C24H31N3O5. The number of rotatable bonds is 7. The minimum Gasteiger partial charge on any atom is -0.494 e. The van der Waals surface area contributed by atoms with Crippen LogP contribution in [0, 0.1) is 0 Å². The molecule has 1 saturated carbocycles. The van der Waals surface area contributed by atoms with Crippen LogP contribution in [0.3, 0.4) is 0 Å². The van der Waals surface area contributed by atoms with Gasteiger partial charge in [0.15, 0.2) is 0 Å². The van der Waals surface area contributed by atoms with Crippen molar-refractivity contribution in [1.82, 2.24) is 15.1 Å². The monoisotopic (exact) mass is 441 g/mol. The molecule has 1 aromatic rings. The van der Waals surface area contributed by atoms with Crippen LogP contribution in [0.4, 0.5) is 4.79 Å². The van der Waals surface area contributed by atoms with E-state index in [0.29, 0.717) is 5.92 Å². The molecular weight excluding hydrogens is 410 g/mol. The van der Waals surface area contributed by atoms with Crippen molar-refractivity contribution in [2.24, 2.45) is 0 Å². The van der Waals surface area contributed by atoms with Gasteiger partial charge >= 0.3 is 12.0 Å². The Kier molecular flexibility index (Phi) is 7.22. The summed E-state index contributed by atoms with van der Waals surface area (Å²) in [6, 6.07) is 7.22. The van der Waals surface area contributed by atoms with Gasteiger partial charge in [0.1, 0.15) is 12.1 Å². The van der Waals surface area contributed by atoms with E-state index < -0.39 is 30.3 Å². The molecule has 3 amide bonds. The highest BCUT2D eigenvalue weighted by Crippen LogP contribution is 2.34. The van der Waals surface area contributed by atoms with E-state index in [-0.39, 0.29) is 23.9 Å². The summed E-state index contributed by atoms with van der Waals surface area (Å²) in [4.78, 5) is 39.8. The average molecular weight is 442 g/mol. The predicted octanol–water partition coefficient (Wildman–Crippen LogP) is 3.86. The van der Waals surface area contributed by atoms with Crippen molar-refractivity contribution >= 4 is 17.9 Å². The SMILES string of the molecule is C=C1C(C(=O)NCC(=O)O)=C(O)N(C2CCCCC2)C(=O)N1Cc1ccc(C(C)C)cc1. The first-order valence-corrected chi connectivity index (χ1v) is 11.0. The molecule has 0 spiro atoms. The molecule has 8 nitrogen and oxygen atoms in total. The number of aliphatic hydroxyl groups is 1. The average Bonchev–Trinajstić information content (AvgIpc) is 2.76.